The first kappa shape index (κ1) is 24.3. The van der Waals surface area contributed by atoms with Crippen molar-refractivity contribution in [3.05, 3.63) is 106 Å². The average molecular weight is 486 g/mol. The summed E-state index contributed by atoms with van der Waals surface area (Å²) >= 11 is 0. The topological polar surface area (TPSA) is 0 Å². The second-order valence-electron chi connectivity index (χ2n) is 8.15. The van der Waals surface area contributed by atoms with E-state index < -0.39 is 35.0 Å². The highest BCUT2D eigenvalue weighted by atomic mass is 19.4. The smallest absolute Gasteiger partial charge is 0.206 e. The fourth-order valence-electron chi connectivity index (χ4n) is 3.82. The van der Waals surface area contributed by atoms with Crippen LogP contribution in [0.5, 0.6) is 0 Å². The Bertz CT molecular complexity index is 1450. The van der Waals surface area contributed by atoms with Gasteiger partial charge in [0.2, 0.25) is 0 Å². The van der Waals surface area contributed by atoms with E-state index in [0.717, 1.165) is 29.2 Å². The van der Waals surface area contributed by atoms with Crippen molar-refractivity contribution in [2.45, 2.75) is 25.9 Å². The predicted octanol–water partition coefficient (Wildman–Crippen LogP) is 8.07. The Labute approximate surface area is 197 Å². The first-order chi connectivity index (χ1) is 16.5. The van der Waals surface area contributed by atoms with Gasteiger partial charge in [-0.2, -0.15) is 13.2 Å². The quantitative estimate of drug-likeness (QED) is 0.202. The molecule has 0 fully saturated rings. The van der Waals surface area contributed by atoms with Crippen LogP contribution in [-0.4, -0.2) is 6.18 Å². The van der Waals surface area contributed by atoms with E-state index in [2.05, 4.69) is 0 Å². The summed E-state index contributed by atoms with van der Waals surface area (Å²) in [5, 5.41) is -0.297. The Morgan fingerprint density at radius 3 is 1.97 bits per heavy atom. The van der Waals surface area contributed by atoms with Crippen molar-refractivity contribution in [2.24, 2.45) is 0 Å². The SMILES string of the molecule is Cc1ccc(CCc2cc(F)c(-c3ccc4c(F)c(C#CC(F)(F)F)c(F)cc4c3)c(F)c2)cc1. The van der Waals surface area contributed by atoms with Gasteiger partial charge in [0.05, 0.1) is 11.1 Å². The molecule has 0 radical (unpaired) electrons. The van der Waals surface area contributed by atoms with Crippen molar-refractivity contribution in [3.63, 3.8) is 0 Å². The monoisotopic (exact) mass is 486 g/mol. The zero-order valence-electron chi connectivity index (χ0n) is 18.3. The van der Waals surface area contributed by atoms with Crippen molar-refractivity contribution in [1.82, 2.24) is 0 Å². The van der Waals surface area contributed by atoms with Gasteiger partial charge in [-0.3, -0.25) is 0 Å². The molecule has 0 N–H and O–H groups in total. The van der Waals surface area contributed by atoms with Crippen LogP contribution in [0.4, 0.5) is 30.7 Å². The van der Waals surface area contributed by atoms with Crippen molar-refractivity contribution in [1.29, 1.82) is 0 Å². The Morgan fingerprint density at radius 1 is 0.714 bits per heavy atom. The lowest BCUT2D eigenvalue weighted by atomic mass is 9.96. The Kier molecular flexibility index (Phi) is 6.58. The highest BCUT2D eigenvalue weighted by molar-refractivity contribution is 5.89. The normalized spacial score (nSPS) is 11.4. The Hall–Kier alpha value is -3.79. The first-order valence-corrected chi connectivity index (χ1v) is 10.6. The largest absolute Gasteiger partial charge is 0.458 e. The number of benzene rings is 4. The summed E-state index contributed by atoms with van der Waals surface area (Å²) in [6.45, 7) is 1.96. The molecule has 0 atom stereocenters. The minimum absolute atomic E-state index is 0.0329. The van der Waals surface area contributed by atoms with Crippen LogP contribution < -0.4 is 0 Å². The van der Waals surface area contributed by atoms with Crippen LogP contribution in [-0.2, 0) is 12.8 Å². The van der Waals surface area contributed by atoms with E-state index in [0.29, 0.717) is 18.4 Å². The van der Waals surface area contributed by atoms with E-state index in [9.17, 15) is 30.7 Å². The number of rotatable bonds is 4. The zero-order valence-corrected chi connectivity index (χ0v) is 18.3. The van der Waals surface area contributed by atoms with Gasteiger partial charge < -0.3 is 0 Å². The third kappa shape index (κ3) is 5.48. The number of hydrogen-bond acceptors (Lipinski definition) is 0. The predicted molar refractivity (Wildman–Crippen MR) is 121 cm³/mol. The second-order valence-corrected chi connectivity index (χ2v) is 8.15. The summed E-state index contributed by atoms with van der Waals surface area (Å²) in [6, 6.07) is 14.5. The van der Waals surface area contributed by atoms with E-state index >= 15 is 0 Å². The molecule has 35 heavy (non-hydrogen) atoms. The first-order valence-electron chi connectivity index (χ1n) is 10.6. The van der Waals surface area contributed by atoms with Gasteiger partial charge in [0.15, 0.2) is 0 Å². The molecule has 0 saturated carbocycles. The average Bonchev–Trinajstić information content (AvgIpc) is 2.77. The van der Waals surface area contributed by atoms with Crippen LogP contribution in [0.15, 0.2) is 60.7 Å². The van der Waals surface area contributed by atoms with Gasteiger partial charge >= 0.3 is 6.18 Å². The fourth-order valence-corrected chi connectivity index (χ4v) is 3.82. The van der Waals surface area contributed by atoms with Gasteiger partial charge in [-0.25, -0.2) is 17.6 Å². The van der Waals surface area contributed by atoms with E-state index in [-0.39, 0.29) is 21.9 Å². The van der Waals surface area contributed by atoms with E-state index in [4.69, 9.17) is 0 Å². The second kappa shape index (κ2) is 9.46. The zero-order chi connectivity index (χ0) is 25.3. The highest BCUT2D eigenvalue weighted by Gasteiger charge is 2.24. The van der Waals surface area contributed by atoms with Gasteiger partial charge in [0.25, 0.3) is 0 Å². The molecule has 0 aromatic heterocycles. The standard InChI is InChI=1S/C28H17F7/c1-16-2-4-17(5-3-16)6-7-18-12-24(30)26(25(31)13-18)19-8-9-21-20(14-19)15-23(29)22(27(21)32)10-11-28(33,34)35/h2-5,8-9,12-15H,6-7H2,1H3. The van der Waals surface area contributed by atoms with Crippen molar-refractivity contribution in [3.8, 4) is 23.0 Å². The summed E-state index contributed by atoms with van der Waals surface area (Å²) in [4.78, 5) is 0. The molecule has 0 aliphatic heterocycles. The minimum atomic E-state index is -4.92. The lowest BCUT2D eigenvalue weighted by Crippen LogP contribution is -2.02. The molecule has 0 aliphatic rings. The molecule has 178 valence electrons. The number of hydrogen-bond donors (Lipinski definition) is 0. The molecular formula is C28H17F7. The third-order valence-electron chi connectivity index (χ3n) is 5.57. The molecule has 0 heterocycles. The molecule has 0 spiro atoms. The van der Waals surface area contributed by atoms with Crippen molar-refractivity contribution >= 4 is 10.8 Å². The number of aryl methyl sites for hydroxylation is 3. The molecule has 0 unspecified atom stereocenters. The molecule has 0 amide bonds. The van der Waals surface area contributed by atoms with E-state index in [1.54, 1.807) is 0 Å². The molecule has 0 bridgehead atoms. The molecule has 0 nitrogen and oxygen atoms in total. The lowest BCUT2D eigenvalue weighted by molar-refractivity contribution is -0.0696. The van der Waals surface area contributed by atoms with Crippen molar-refractivity contribution < 1.29 is 30.7 Å². The molecular weight excluding hydrogens is 469 g/mol. The van der Waals surface area contributed by atoms with E-state index in [1.807, 2.05) is 31.2 Å². The van der Waals surface area contributed by atoms with Gasteiger partial charge in [-0.1, -0.05) is 47.9 Å². The molecule has 7 heteroatoms. The molecule has 4 rings (SSSR count). The number of alkyl halides is 3. The number of fused-ring (bicyclic) bond motifs is 1. The van der Waals surface area contributed by atoms with Crippen LogP contribution >= 0.6 is 0 Å². The third-order valence-corrected chi connectivity index (χ3v) is 5.57. The lowest BCUT2D eigenvalue weighted by Gasteiger charge is -2.11. The summed E-state index contributed by atoms with van der Waals surface area (Å²) in [7, 11) is 0. The summed E-state index contributed by atoms with van der Waals surface area (Å²) in [5.74, 6) is -1.96. The van der Waals surface area contributed by atoms with Crippen LogP contribution in [0.2, 0.25) is 0 Å². The molecule has 0 saturated heterocycles. The minimum Gasteiger partial charge on any atom is -0.206 e. The Morgan fingerprint density at radius 2 is 1.34 bits per heavy atom. The summed E-state index contributed by atoms with van der Waals surface area (Å²) < 4.78 is 95.7. The van der Waals surface area contributed by atoms with Gasteiger partial charge in [-0.15, -0.1) is 0 Å². The van der Waals surface area contributed by atoms with Crippen LogP contribution in [0.3, 0.4) is 0 Å². The van der Waals surface area contributed by atoms with Gasteiger partial charge in [0.1, 0.15) is 23.3 Å². The molecule has 0 aliphatic carbocycles. The summed E-state index contributed by atoms with van der Waals surface area (Å²) in [6.07, 6.45) is -3.92. The number of halogens is 7. The highest BCUT2D eigenvalue weighted by Crippen LogP contribution is 2.32. The van der Waals surface area contributed by atoms with Gasteiger partial charge in [0, 0.05) is 11.3 Å². The van der Waals surface area contributed by atoms with Gasteiger partial charge in [-0.05, 0) is 66.1 Å². The fraction of sp³-hybridized carbons (Fsp3) is 0.143. The maximum atomic E-state index is 14.9. The van der Waals surface area contributed by atoms with E-state index in [1.165, 1.54) is 30.2 Å². The molecule has 4 aromatic carbocycles. The molecule has 4 aromatic rings. The summed E-state index contributed by atoms with van der Waals surface area (Å²) in [5.41, 5.74) is 1.22. The van der Waals surface area contributed by atoms with Crippen LogP contribution in [0.25, 0.3) is 21.9 Å². The van der Waals surface area contributed by atoms with Crippen LogP contribution in [0.1, 0.15) is 22.3 Å². The maximum absolute atomic E-state index is 14.9. The maximum Gasteiger partial charge on any atom is 0.458 e. The van der Waals surface area contributed by atoms with Crippen molar-refractivity contribution in [2.75, 3.05) is 0 Å². The van der Waals surface area contributed by atoms with Crippen LogP contribution in [0, 0.1) is 42.0 Å². The Balaban J connectivity index is 1.66.